The number of nitrogen functional groups attached to an aromatic ring is 1. The molecule has 0 amide bonds. The summed E-state index contributed by atoms with van der Waals surface area (Å²) in [6, 6.07) is 7.67. The number of hydrogen-bond donors (Lipinski definition) is 2. The maximum absolute atomic E-state index is 5.87. The van der Waals surface area contributed by atoms with E-state index in [1.165, 1.54) is 0 Å². The van der Waals surface area contributed by atoms with E-state index in [0.717, 1.165) is 10.2 Å². The van der Waals surface area contributed by atoms with Gasteiger partial charge in [0.05, 0.1) is 11.4 Å². The SMILES string of the molecule is Cc1nc(Cl)nc(Nc2ccc(Br)cc2)c1N. The first-order valence-electron chi connectivity index (χ1n) is 4.88. The van der Waals surface area contributed by atoms with Crippen LogP contribution in [0.4, 0.5) is 17.2 Å². The summed E-state index contributed by atoms with van der Waals surface area (Å²) in [6.45, 7) is 1.79. The summed E-state index contributed by atoms with van der Waals surface area (Å²) in [4.78, 5) is 8.03. The van der Waals surface area contributed by atoms with Crippen molar-refractivity contribution in [2.24, 2.45) is 0 Å². The fourth-order valence-corrected chi connectivity index (χ4v) is 1.79. The van der Waals surface area contributed by atoms with E-state index in [9.17, 15) is 0 Å². The van der Waals surface area contributed by atoms with Gasteiger partial charge < -0.3 is 11.1 Å². The zero-order valence-corrected chi connectivity index (χ0v) is 11.4. The number of aromatic nitrogens is 2. The Labute approximate surface area is 112 Å². The number of nitrogens with one attached hydrogen (secondary N) is 1. The van der Waals surface area contributed by atoms with E-state index < -0.39 is 0 Å². The average Bonchev–Trinajstić information content (AvgIpc) is 2.28. The lowest BCUT2D eigenvalue weighted by Gasteiger charge is -2.10. The molecule has 0 saturated heterocycles. The number of nitrogens with zero attached hydrogens (tertiary/aromatic N) is 2. The zero-order chi connectivity index (χ0) is 12.4. The number of anilines is 3. The average molecular weight is 314 g/mol. The number of nitrogens with two attached hydrogens (primary N) is 1. The van der Waals surface area contributed by atoms with Crippen LogP contribution >= 0.6 is 27.5 Å². The first-order chi connectivity index (χ1) is 8.06. The van der Waals surface area contributed by atoms with Crippen LogP contribution in [0, 0.1) is 6.92 Å². The molecule has 17 heavy (non-hydrogen) atoms. The lowest BCUT2D eigenvalue weighted by molar-refractivity contribution is 1.11. The van der Waals surface area contributed by atoms with Gasteiger partial charge >= 0.3 is 0 Å². The largest absolute Gasteiger partial charge is 0.394 e. The number of rotatable bonds is 2. The second-order valence-electron chi connectivity index (χ2n) is 3.47. The Kier molecular flexibility index (Phi) is 3.49. The zero-order valence-electron chi connectivity index (χ0n) is 9.04. The standard InChI is InChI=1S/C11H10BrClN4/c1-6-9(14)10(17-11(13)15-6)16-8-4-2-7(12)3-5-8/h2-5H,14H2,1H3,(H,15,16,17). The van der Waals surface area contributed by atoms with Crippen LogP contribution < -0.4 is 11.1 Å². The molecule has 1 heterocycles. The number of benzene rings is 1. The van der Waals surface area contributed by atoms with Gasteiger partial charge in [0.25, 0.3) is 0 Å². The molecule has 0 aliphatic heterocycles. The van der Waals surface area contributed by atoms with E-state index in [1.54, 1.807) is 6.92 Å². The molecule has 0 unspecified atom stereocenters. The molecule has 2 rings (SSSR count). The minimum Gasteiger partial charge on any atom is -0.394 e. The molecule has 0 atom stereocenters. The molecule has 88 valence electrons. The van der Waals surface area contributed by atoms with E-state index in [4.69, 9.17) is 17.3 Å². The molecule has 0 bridgehead atoms. The molecule has 0 saturated carbocycles. The molecule has 1 aromatic heterocycles. The fourth-order valence-electron chi connectivity index (χ4n) is 1.31. The van der Waals surface area contributed by atoms with Crippen molar-refractivity contribution in [3.63, 3.8) is 0 Å². The van der Waals surface area contributed by atoms with Crippen molar-refractivity contribution in [3.05, 3.63) is 39.7 Å². The van der Waals surface area contributed by atoms with Crippen LogP contribution in [0.3, 0.4) is 0 Å². The smallest absolute Gasteiger partial charge is 0.224 e. The van der Waals surface area contributed by atoms with Crippen molar-refractivity contribution >= 4 is 44.7 Å². The molecule has 0 aliphatic rings. The first-order valence-corrected chi connectivity index (χ1v) is 6.05. The van der Waals surface area contributed by atoms with Crippen molar-refractivity contribution in [3.8, 4) is 0 Å². The highest BCUT2D eigenvalue weighted by atomic mass is 79.9. The summed E-state index contributed by atoms with van der Waals surface area (Å²) >= 11 is 9.16. The Morgan fingerprint density at radius 2 is 1.88 bits per heavy atom. The van der Waals surface area contributed by atoms with Crippen LogP contribution in [-0.2, 0) is 0 Å². The summed E-state index contributed by atoms with van der Waals surface area (Å²) in [5, 5.41) is 3.28. The Hall–Kier alpha value is -1.33. The number of halogens is 2. The predicted molar refractivity (Wildman–Crippen MR) is 73.6 cm³/mol. The summed E-state index contributed by atoms with van der Waals surface area (Å²) in [7, 11) is 0. The van der Waals surface area contributed by atoms with Crippen molar-refractivity contribution in [2.45, 2.75) is 6.92 Å². The summed E-state index contributed by atoms with van der Waals surface area (Å²) in [5.74, 6) is 0.518. The van der Waals surface area contributed by atoms with Gasteiger partial charge in [-0.2, -0.15) is 4.98 Å². The summed E-state index contributed by atoms with van der Waals surface area (Å²) in [6.07, 6.45) is 0. The second kappa shape index (κ2) is 4.89. The molecule has 2 aromatic rings. The second-order valence-corrected chi connectivity index (χ2v) is 4.73. The van der Waals surface area contributed by atoms with E-state index >= 15 is 0 Å². The molecule has 6 heteroatoms. The van der Waals surface area contributed by atoms with E-state index in [1.807, 2.05) is 24.3 Å². The third-order valence-electron chi connectivity index (χ3n) is 2.22. The first kappa shape index (κ1) is 12.1. The van der Waals surface area contributed by atoms with Crippen molar-refractivity contribution < 1.29 is 0 Å². The Morgan fingerprint density at radius 3 is 2.53 bits per heavy atom. The number of aryl methyl sites for hydroxylation is 1. The van der Waals surface area contributed by atoms with Gasteiger partial charge in [0.2, 0.25) is 5.28 Å². The topological polar surface area (TPSA) is 63.8 Å². The van der Waals surface area contributed by atoms with E-state index in [2.05, 4.69) is 31.2 Å². The molecule has 0 fully saturated rings. The number of hydrogen-bond acceptors (Lipinski definition) is 4. The van der Waals surface area contributed by atoms with Gasteiger partial charge in [0, 0.05) is 10.2 Å². The Bertz CT molecular complexity index is 542. The lowest BCUT2D eigenvalue weighted by atomic mass is 10.3. The van der Waals surface area contributed by atoms with Gasteiger partial charge in [0.15, 0.2) is 5.82 Å². The maximum Gasteiger partial charge on any atom is 0.224 e. The molecule has 1 aromatic carbocycles. The summed E-state index contributed by atoms with van der Waals surface area (Å²) < 4.78 is 1.01. The lowest BCUT2D eigenvalue weighted by Crippen LogP contribution is -2.03. The summed E-state index contributed by atoms with van der Waals surface area (Å²) in [5.41, 5.74) is 7.91. The minimum absolute atomic E-state index is 0.177. The van der Waals surface area contributed by atoms with E-state index in [-0.39, 0.29) is 5.28 Å². The third-order valence-corrected chi connectivity index (χ3v) is 2.91. The highest BCUT2D eigenvalue weighted by Crippen LogP contribution is 2.25. The van der Waals surface area contributed by atoms with Crippen LogP contribution in [0.15, 0.2) is 28.7 Å². The van der Waals surface area contributed by atoms with Crippen LogP contribution in [0.5, 0.6) is 0 Å². The minimum atomic E-state index is 0.177. The maximum atomic E-state index is 5.87. The molecular weight excluding hydrogens is 304 g/mol. The molecule has 4 nitrogen and oxygen atoms in total. The predicted octanol–water partition coefficient (Wildman–Crippen LogP) is 3.53. The van der Waals surface area contributed by atoms with Gasteiger partial charge in [-0.05, 0) is 42.8 Å². The van der Waals surface area contributed by atoms with Crippen LogP contribution in [0.2, 0.25) is 5.28 Å². The van der Waals surface area contributed by atoms with E-state index in [0.29, 0.717) is 17.2 Å². The molecule has 0 radical (unpaired) electrons. The fraction of sp³-hybridized carbons (Fsp3) is 0.0909. The van der Waals surface area contributed by atoms with Gasteiger partial charge in [-0.25, -0.2) is 4.98 Å². The van der Waals surface area contributed by atoms with Crippen LogP contribution in [-0.4, -0.2) is 9.97 Å². The van der Waals surface area contributed by atoms with Crippen molar-refractivity contribution in [1.82, 2.24) is 9.97 Å². The van der Waals surface area contributed by atoms with Crippen molar-refractivity contribution in [1.29, 1.82) is 0 Å². The highest BCUT2D eigenvalue weighted by molar-refractivity contribution is 9.10. The van der Waals surface area contributed by atoms with Gasteiger partial charge in [0.1, 0.15) is 0 Å². The van der Waals surface area contributed by atoms with Crippen molar-refractivity contribution in [2.75, 3.05) is 11.1 Å². The van der Waals surface area contributed by atoms with Gasteiger partial charge in [-0.1, -0.05) is 15.9 Å². The monoisotopic (exact) mass is 312 g/mol. The molecule has 0 spiro atoms. The van der Waals surface area contributed by atoms with Crippen LogP contribution in [0.1, 0.15) is 5.69 Å². The third kappa shape index (κ3) is 2.87. The molecule has 0 aliphatic carbocycles. The molecular formula is C11H10BrClN4. The normalized spacial score (nSPS) is 10.3. The molecule has 3 N–H and O–H groups in total. The quantitative estimate of drug-likeness (QED) is 0.833. The van der Waals surface area contributed by atoms with Gasteiger partial charge in [-0.15, -0.1) is 0 Å². The Morgan fingerprint density at radius 1 is 1.24 bits per heavy atom. The van der Waals surface area contributed by atoms with Crippen LogP contribution in [0.25, 0.3) is 0 Å². The van der Waals surface area contributed by atoms with Gasteiger partial charge in [-0.3, -0.25) is 0 Å². The highest BCUT2D eigenvalue weighted by Gasteiger charge is 2.07. The Balaban J connectivity index is 2.32.